The first-order chi connectivity index (χ1) is 10.1. The van der Waals surface area contributed by atoms with Crippen LogP contribution in [0.1, 0.15) is 6.92 Å². The Balaban J connectivity index is 2.11. The maximum Gasteiger partial charge on any atom is 0.232 e. The quantitative estimate of drug-likeness (QED) is 0.726. The number of hydrogen-bond donors (Lipinski definition) is 2. The molecule has 1 saturated heterocycles. The number of piperazine rings is 1. The summed E-state index contributed by atoms with van der Waals surface area (Å²) in [4.78, 5) is 19.7. The first kappa shape index (κ1) is 15.7. The smallest absolute Gasteiger partial charge is 0.232 e. The van der Waals surface area contributed by atoms with Crippen LogP contribution in [0.5, 0.6) is 0 Å². The molecule has 0 unspecified atom stereocenters. The summed E-state index contributed by atoms with van der Waals surface area (Å²) >= 11 is 0. The van der Waals surface area contributed by atoms with Crippen LogP contribution < -0.4 is 15.1 Å². The summed E-state index contributed by atoms with van der Waals surface area (Å²) in [5.74, 6) is 1.99. The highest BCUT2D eigenvalue weighted by Gasteiger charge is 2.20. The first-order valence-electron chi connectivity index (χ1n) is 7.39. The number of rotatable bonds is 6. The lowest BCUT2D eigenvalue weighted by atomic mass is 10.3. The van der Waals surface area contributed by atoms with E-state index in [1.54, 1.807) is 0 Å². The van der Waals surface area contributed by atoms with E-state index in [1.165, 1.54) is 0 Å². The molecule has 0 aliphatic carbocycles. The predicted molar refractivity (Wildman–Crippen MR) is 84.1 cm³/mol. The third-order valence-corrected chi connectivity index (χ3v) is 3.42. The van der Waals surface area contributed by atoms with Gasteiger partial charge in [-0.3, -0.25) is 4.90 Å². The van der Waals surface area contributed by atoms with Crippen molar-refractivity contribution in [1.29, 1.82) is 0 Å². The molecule has 8 heteroatoms. The number of β-amino-alcohol motifs (C(OH)–C–C–N with tert-alkyl or cyclic N) is 1. The fourth-order valence-corrected chi connectivity index (χ4v) is 2.25. The third-order valence-electron chi connectivity index (χ3n) is 3.42. The molecule has 0 amide bonds. The van der Waals surface area contributed by atoms with Crippen LogP contribution in [-0.2, 0) is 0 Å². The summed E-state index contributed by atoms with van der Waals surface area (Å²) in [7, 11) is 3.85. The van der Waals surface area contributed by atoms with E-state index in [1.807, 2.05) is 25.9 Å². The fraction of sp³-hybridized carbons (Fsp3) is 0.769. The van der Waals surface area contributed by atoms with Crippen molar-refractivity contribution in [2.45, 2.75) is 6.92 Å². The van der Waals surface area contributed by atoms with Gasteiger partial charge in [-0.15, -0.1) is 0 Å². The molecule has 0 spiro atoms. The zero-order chi connectivity index (χ0) is 15.2. The second-order valence-electron chi connectivity index (χ2n) is 5.24. The lowest BCUT2D eigenvalue weighted by molar-refractivity contribution is 0.188. The van der Waals surface area contributed by atoms with Crippen LogP contribution >= 0.6 is 0 Å². The Morgan fingerprint density at radius 3 is 2.43 bits per heavy atom. The molecule has 1 fully saturated rings. The van der Waals surface area contributed by atoms with Gasteiger partial charge in [0, 0.05) is 53.4 Å². The van der Waals surface area contributed by atoms with Crippen molar-refractivity contribution in [2.24, 2.45) is 0 Å². The number of hydrogen-bond acceptors (Lipinski definition) is 8. The van der Waals surface area contributed by atoms with Crippen LogP contribution in [0.15, 0.2) is 0 Å². The van der Waals surface area contributed by atoms with Gasteiger partial charge in [-0.05, 0) is 6.92 Å². The Kier molecular flexibility index (Phi) is 5.51. The molecule has 8 nitrogen and oxygen atoms in total. The van der Waals surface area contributed by atoms with Crippen molar-refractivity contribution in [3.05, 3.63) is 0 Å². The lowest BCUT2D eigenvalue weighted by Gasteiger charge is -2.34. The molecule has 2 N–H and O–H groups in total. The van der Waals surface area contributed by atoms with Gasteiger partial charge in [-0.2, -0.15) is 15.0 Å². The van der Waals surface area contributed by atoms with Gasteiger partial charge in [0.25, 0.3) is 0 Å². The van der Waals surface area contributed by atoms with Crippen molar-refractivity contribution >= 4 is 17.8 Å². The molecule has 1 aromatic rings. The molecule has 2 rings (SSSR count). The summed E-state index contributed by atoms with van der Waals surface area (Å²) < 4.78 is 0. The van der Waals surface area contributed by atoms with E-state index in [0.29, 0.717) is 17.8 Å². The standard InChI is InChI=1S/C13H25N7O/c1-4-14-11-15-12(18(2)3)17-13(16-11)20-7-5-19(6-8-20)9-10-21/h21H,4-10H2,1-3H3,(H,14,15,16,17). The highest BCUT2D eigenvalue weighted by atomic mass is 16.3. The van der Waals surface area contributed by atoms with E-state index >= 15 is 0 Å². The summed E-state index contributed by atoms with van der Waals surface area (Å²) in [6.45, 7) is 7.30. The number of aliphatic hydroxyl groups is 1. The highest BCUT2D eigenvalue weighted by molar-refractivity contribution is 5.44. The normalized spacial score (nSPS) is 16.1. The van der Waals surface area contributed by atoms with Crippen LogP contribution in [-0.4, -0.2) is 84.9 Å². The molecular weight excluding hydrogens is 270 g/mol. The molecule has 21 heavy (non-hydrogen) atoms. The van der Waals surface area contributed by atoms with E-state index in [9.17, 15) is 0 Å². The molecule has 1 aliphatic rings. The zero-order valence-corrected chi connectivity index (χ0v) is 13.1. The average molecular weight is 295 g/mol. The maximum atomic E-state index is 8.99. The summed E-state index contributed by atoms with van der Waals surface area (Å²) in [6, 6.07) is 0. The summed E-state index contributed by atoms with van der Waals surface area (Å²) in [5.41, 5.74) is 0. The molecule has 1 aromatic heterocycles. The topological polar surface area (TPSA) is 80.7 Å². The Morgan fingerprint density at radius 1 is 1.14 bits per heavy atom. The number of nitrogens with one attached hydrogen (secondary N) is 1. The summed E-state index contributed by atoms with van der Waals surface area (Å²) in [6.07, 6.45) is 0. The molecule has 0 bridgehead atoms. The Hall–Kier alpha value is -1.67. The van der Waals surface area contributed by atoms with Gasteiger partial charge in [0.15, 0.2) is 0 Å². The van der Waals surface area contributed by atoms with Crippen LogP contribution in [0.3, 0.4) is 0 Å². The zero-order valence-electron chi connectivity index (χ0n) is 13.1. The average Bonchev–Trinajstić information content (AvgIpc) is 2.48. The Morgan fingerprint density at radius 2 is 1.86 bits per heavy atom. The molecule has 118 valence electrons. The monoisotopic (exact) mass is 295 g/mol. The molecule has 0 saturated carbocycles. The second-order valence-corrected chi connectivity index (χ2v) is 5.24. The van der Waals surface area contributed by atoms with Crippen molar-refractivity contribution in [1.82, 2.24) is 19.9 Å². The Bertz CT molecular complexity index is 446. The van der Waals surface area contributed by atoms with Gasteiger partial charge < -0.3 is 20.2 Å². The Labute approximate surface area is 125 Å². The van der Waals surface area contributed by atoms with E-state index in [0.717, 1.165) is 39.3 Å². The number of aromatic nitrogens is 3. The van der Waals surface area contributed by atoms with Crippen LogP contribution in [0.4, 0.5) is 17.8 Å². The van der Waals surface area contributed by atoms with Gasteiger partial charge in [0.2, 0.25) is 17.8 Å². The minimum Gasteiger partial charge on any atom is -0.395 e. The lowest BCUT2D eigenvalue weighted by Crippen LogP contribution is -2.47. The minimum absolute atomic E-state index is 0.209. The van der Waals surface area contributed by atoms with Crippen molar-refractivity contribution in [3.8, 4) is 0 Å². The third kappa shape index (κ3) is 4.15. The molecule has 0 atom stereocenters. The van der Waals surface area contributed by atoms with Crippen LogP contribution in [0.25, 0.3) is 0 Å². The van der Waals surface area contributed by atoms with Crippen molar-refractivity contribution in [2.75, 3.05) is 75.1 Å². The fourth-order valence-electron chi connectivity index (χ4n) is 2.25. The first-order valence-corrected chi connectivity index (χ1v) is 7.39. The van der Waals surface area contributed by atoms with Gasteiger partial charge in [0.1, 0.15) is 0 Å². The van der Waals surface area contributed by atoms with Gasteiger partial charge in [0.05, 0.1) is 6.61 Å². The van der Waals surface area contributed by atoms with E-state index in [-0.39, 0.29) is 6.61 Å². The van der Waals surface area contributed by atoms with Gasteiger partial charge in [-0.25, -0.2) is 0 Å². The maximum absolute atomic E-state index is 8.99. The largest absolute Gasteiger partial charge is 0.395 e. The van der Waals surface area contributed by atoms with Crippen molar-refractivity contribution < 1.29 is 5.11 Å². The molecule has 2 heterocycles. The van der Waals surface area contributed by atoms with E-state index < -0.39 is 0 Å². The van der Waals surface area contributed by atoms with E-state index in [4.69, 9.17) is 5.11 Å². The number of nitrogens with zero attached hydrogens (tertiary/aromatic N) is 6. The van der Waals surface area contributed by atoms with Crippen LogP contribution in [0, 0.1) is 0 Å². The molecule has 1 aliphatic heterocycles. The molecule has 0 radical (unpaired) electrons. The van der Waals surface area contributed by atoms with Gasteiger partial charge >= 0.3 is 0 Å². The second kappa shape index (κ2) is 7.37. The van der Waals surface area contributed by atoms with Crippen molar-refractivity contribution in [3.63, 3.8) is 0 Å². The molecular formula is C13H25N7O. The summed E-state index contributed by atoms with van der Waals surface area (Å²) in [5, 5.41) is 12.1. The highest BCUT2D eigenvalue weighted by Crippen LogP contribution is 2.16. The SMILES string of the molecule is CCNc1nc(N(C)C)nc(N2CCN(CCO)CC2)n1. The van der Waals surface area contributed by atoms with E-state index in [2.05, 4.69) is 30.1 Å². The number of aliphatic hydroxyl groups excluding tert-OH is 1. The minimum atomic E-state index is 0.209. The van der Waals surface area contributed by atoms with Crippen LogP contribution in [0.2, 0.25) is 0 Å². The molecule has 0 aromatic carbocycles. The number of anilines is 3. The van der Waals surface area contributed by atoms with Gasteiger partial charge in [-0.1, -0.05) is 0 Å². The predicted octanol–water partition coefficient (Wildman–Crippen LogP) is -0.516.